The van der Waals surface area contributed by atoms with Gasteiger partial charge in [-0.05, 0) is 30.7 Å². The van der Waals surface area contributed by atoms with Crippen molar-refractivity contribution in [3.05, 3.63) is 0 Å². The van der Waals surface area contributed by atoms with E-state index < -0.39 is 0 Å². The second-order valence-corrected chi connectivity index (χ2v) is 7.47. The first kappa shape index (κ1) is 16.0. The van der Waals surface area contributed by atoms with Crippen molar-refractivity contribution in [2.75, 3.05) is 19.6 Å². The van der Waals surface area contributed by atoms with Gasteiger partial charge in [0, 0.05) is 25.2 Å². The fourth-order valence-corrected chi connectivity index (χ4v) is 3.07. The van der Waals surface area contributed by atoms with Gasteiger partial charge in [-0.3, -0.25) is 4.90 Å². The lowest BCUT2D eigenvalue weighted by atomic mass is 9.83. The molecule has 1 fully saturated rings. The Morgan fingerprint density at radius 2 is 1.94 bits per heavy atom. The topological polar surface area (TPSA) is 15.3 Å². The summed E-state index contributed by atoms with van der Waals surface area (Å²) in [5.41, 5.74) is 0.379. The van der Waals surface area contributed by atoms with Crippen LogP contribution in [0.2, 0.25) is 0 Å². The molecule has 0 bridgehead atoms. The molecule has 0 radical (unpaired) electrons. The molecule has 0 aromatic carbocycles. The lowest BCUT2D eigenvalue weighted by molar-refractivity contribution is 0.0505. The molecule has 2 unspecified atom stereocenters. The van der Waals surface area contributed by atoms with Crippen molar-refractivity contribution in [3.8, 4) is 0 Å². The quantitative estimate of drug-likeness (QED) is 0.807. The molecule has 0 aromatic rings. The molecule has 0 amide bonds. The van der Waals surface area contributed by atoms with Gasteiger partial charge in [0.15, 0.2) is 0 Å². The summed E-state index contributed by atoms with van der Waals surface area (Å²) in [7, 11) is 0. The van der Waals surface area contributed by atoms with Crippen LogP contribution in [-0.4, -0.2) is 36.6 Å². The number of unbranched alkanes of at least 4 members (excludes halogenated alkanes) is 1. The highest BCUT2D eigenvalue weighted by molar-refractivity contribution is 4.92. The third-order valence-corrected chi connectivity index (χ3v) is 4.05. The van der Waals surface area contributed by atoms with Crippen LogP contribution in [0.25, 0.3) is 0 Å². The van der Waals surface area contributed by atoms with Gasteiger partial charge in [-0.1, -0.05) is 48.0 Å². The summed E-state index contributed by atoms with van der Waals surface area (Å²) in [5, 5.41) is 3.77. The van der Waals surface area contributed by atoms with Gasteiger partial charge in [0.1, 0.15) is 0 Å². The Balaban J connectivity index is 2.60. The zero-order valence-electron chi connectivity index (χ0n) is 13.4. The lowest BCUT2D eigenvalue weighted by Gasteiger charge is -2.47. The molecule has 1 saturated heterocycles. The summed E-state index contributed by atoms with van der Waals surface area (Å²) in [6, 6.07) is 1.38. The maximum Gasteiger partial charge on any atom is 0.0269 e. The summed E-state index contributed by atoms with van der Waals surface area (Å²) in [5.74, 6) is 0.793. The molecule has 2 heteroatoms. The highest BCUT2D eigenvalue weighted by Gasteiger charge is 2.34. The molecule has 0 aromatic heterocycles. The lowest BCUT2D eigenvalue weighted by Crippen LogP contribution is -2.60. The fraction of sp³-hybridized carbons (Fsp3) is 1.00. The number of nitrogens with zero attached hydrogens (tertiary/aromatic N) is 1. The summed E-state index contributed by atoms with van der Waals surface area (Å²) < 4.78 is 0. The van der Waals surface area contributed by atoms with E-state index in [-0.39, 0.29) is 0 Å². The Morgan fingerprint density at radius 1 is 1.28 bits per heavy atom. The van der Waals surface area contributed by atoms with Gasteiger partial charge in [-0.2, -0.15) is 0 Å². The van der Waals surface area contributed by atoms with Gasteiger partial charge in [-0.25, -0.2) is 0 Å². The summed E-state index contributed by atoms with van der Waals surface area (Å²) >= 11 is 0. The maximum absolute atomic E-state index is 3.77. The van der Waals surface area contributed by atoms with E-state index in [0.29, 0.717) is 17.5 Å². The molecule has 0 spiro atoms. The predicted octanol–water partition coefficient (Wildman–Crippen LogP) is 3.52. The van der Waals surface area contributed by atoms with Crippen molar-refractivity contribution in [2.45, 2.75) is 72.9 Å². The number of piperazine rings is 1. The third kappa shape index (κ3) is 4.89. The number of hydrogen-bond acceptors (Lipinski definition) is 2. The molecule has 108 valence electrons. The highest BCUT2D eigenvalue weighted by atomic mass is 15.2. The summed E-state index contributed by atoms with van der Waals surface area (Å²) in [4.78, 5) is 2.74. The van der Waals surface area contributed by atoms with E-state index in [1.54, 1.807) is 0 Å². The minimum Gasteiger partial charge on any atom is -0.311 e. The molecular formula is C16H34N2. The number of nitrogens with one attached hydrogen (secondary N) is 1. The van der Waals surface area contributed by atoms with Crippen molar-refractivity contribution in [3.63, 3.8) is 0 Å². The smallest absolute Gasteiger partial charge is 0.0269 e. The van der Waals surface area contributed by atoms with Crippen LogP contribution in [0.5, 0.6) is 0 Å². The maximum atomic E-state index is 3.77. The van der Waals surface area contributed by atoms with E-state index in [4.69, 9.17) is 0 Å². The Hall–Kier alpha value is -0.0800. The standard InChI is InChI=1S/C16H34N2/c1-7-8-9-18-12-14(10-13(2)3)17-11-15(18)16(4,5)6/h13-15,17H,7-12H2,1-6H3. The fourth-order valence-electron chi connectivity index (χ4n) is 3.07. The summed E-state index contributed by atoms with van der Waals surface area (Å²) in [6.07, 6.45) is 3.94. The second kappa shape index (κ2) is 6.91. The van der Waals surface area contributed by atoms with Crippen molar-refractivity contribution in [1.29, 1.82) is 0 Å². The van der Waals surface area contributed by atoms with Crippen molar-refractivity contribution >= 4 is 0 Å². The normalized spacial score (nSPS) is 26.8. The van der Waals surface area contributed by atoms with Crippen molar-refractivity contribution in [1.82, 2.24) is 10.2 Å². The average molecular weight is 254 g/mol. The Kier molecular flexibility index (Phi) is 6.13. The van der Waals surface area contributed by atoms with E-state index in [1.807, 2.05) is 0 Å². The zero-order valence-corrected chi connectivity index (χ0v) is 13.4. The molecule has 1 heterocycles. The second-order valence-electron chi connectivity index (χ2n) is 7.47. The van der Waals surface area contributed by atoms with Crippen molar-refractivity contribution in [2.24, 2.45) is 11.3 Å². The molecule has 18 heavy (non-hydrogen) atoms. The highest BCUT2D eigenvalue weighted by Crippen LogP contribution is 2.27. The van der Waals surface area contributed by atoms with E-state index in [0.717, 1.165) is 12.5 Å². The largest absolute Gasteiger partial charge is 0.311 e. The Morgan fingerprint density at radius 3 is 2.44 bits per heavy atom. The SMILES string of the molecule is CCCCN1CC(CC(C)C)NCC1C(C)(C)C. The van der Waals surface area contributed by atoms with E-state index in [9.17, 15) is 0 Å². The molecule has 2 atom stereocenters. The Labute approximate surface area is 115 Å². The number of hydrogen-bond donors (Lipinski definition) is 1. The van der Waals surface area contributed by atoms with Crippen LogP contribution in [0.4, 0.5) is 0 Å². The first-order valence-electron chi connectivity index (χ1n) is 7.82. The first-order chi connectivity index (χ1) is 8.34. The zero-order chi connectivity index (χ0) is 13.8. The van der Waals surface area contributed by atoms with Crippen molar-refractivity contribution < 1.29 is 0 Å². The molecule has 1 rings (SSSR count). The van der Waals surface area contributed by atoms with Crippen LogP contribution in [0.3, 0.4) is 0 Å². The predicted molar refractivity (Wildman–Crippen MR) is 81.0 cm³/mol. The van der Waals surface area contributed by atoms with E-state index in [2.05, 4.69) is 51.8 Å². The van der Waals surface area contributed by atoms with Crippen LogP contribution in [-0.2, 0) is 0 Å². The van der Waals surface area contributed by atoms with Crippen LogP contribution in [0.15, 0.2) is 0 Å². The first-order valence-corrected chi connectivity index (χ1v) is 7.82. The molecule has 0 aliphatic carbocycles. The average Bonchev–Trinajstić information content (AvgIpc) is 2.24. The molecule has 1 aliphatic heterocycles. The molecule has 1 aliphatic rings. The molecule has 0 saturated carbocycles. The van der Waals surface area contributed by atoms with Crippen LogP contribution >= 0.6 is 0 Å². The molecule has 1 N–H and O–H groups in total. The number of rotatable bonds is 5. The van der Waals surface area contributed by atoms with Gasteiger partial charge in [0.25, 0.3) is 0 Å². The van der Waals surface area contributed by atoms with Crippen LogP contribution in [0, 0.1) is 11.3 Å². The Bertz CT molecular complexity index is 230. The van der Waals surface area contributed by atoms with E-state index >= 15 is 0 Å². The minimum atomic E-state index is 0.379. The third-order valence-electron chi connectivity index (χ3n) is 4.05. The van der Waals surface area contributed by atoms with Crippen LogP contribution in [0.1, 0.15) is 60.8 Å². The minimum absolute atomic E-state index is 0.379. The van der Waals surface area contributed by atoms with Crippen LogP contribution < -0.4 is 5.32 Å². The molecular weight excluding hydrogens is 220 g/mol. The van der Waals surface area contributed by atoms with Gasteiger partial charge in [-0.15, -0.1) is 0 Å². The molecule has 2 nitrogen and oxygen atoms in total. The van der Waals surface area contributed by atoms with Gasteiger partial charge in [0.05, 0.1) is 0 Å². The van der Waals surface area contributed by atoms with E-state index in [1.165, 1.54) is 32.4 Å². The van der Waals surface area contributed by atoms with Gasteiger partial charge in [0.2, 0.25) is 0 Å². The van der Waals surface area contributed by atoms with Gasteiger partial charge < -0.3 is 5.32 Å². The monoisotopic (exact) mass is 254 g/mol. The van der Waals surface area contributed by atoms with Gasteiger partial charge >= 0.3 is 0 Å². The summed E-state index contributed by atoms with van der Waals surface area (Å²) in [6.45, 7) is 17.7.